The fraction of sp³-hybridized carbons (Fsp3) is 0.278. The van der Waals surface area contributed by atoms with Crippen LogP contribution in [0, 0.1) is 0 Å². The molecule has 0 heterocycles. The first-order valence-electron chi connectivity index (χ1n) is 8.08. The summed E-state index contributed by atoms with van der Waals surface area (Å²) in [4.78, 5) is 11.6. The van der Waals surface area contributed by atoms with Gasteiger partial charge in [0, 0.05) is 17.8 Å². The zero-order chi connectivity index (χ0) is 18.0. The van der Waals surface area contributed by atoms with E-state index in [0.29, 0.717) is 5.69 Å². The van der Waals surface area contributed by atoms with Crippen molar-refractivity contribution in [3.8, 4) is 0 Å². The summed E-state index contributed by atoms with van der Waals surface area (Å²) in [7, 11) is -3.69. The number of nitrogens with one attached hydrogen (secondary N) is 2. The van der Waals surface area contributed by atoms with Gasteiger partial charge in [0.05, 0.1) is 10.5 Å². The van der Waals surface area contributed by atoms with Gasteiger partial charge in [0.25, 0.3) is 0 Å². The van der Waals surface area contributed by atoms with E-state index in [1.807, 2.05) is 37.3 Å². The predicted molar refractivity (Wildman–Crippen MR) is 95.2 cm³/mol. The number of anilines is 1. The second kappa shape index (κ2) is 6.85. The van der Waals surface area contributed by atoms with Crippen LogP contribution in [-0.4, -0.2) is 25.5 Å². The summed E-state index contributed by atoms with van der Waals surface area (Å²) in [6.45, 7) is 1.92. The van der Waals surface area contributed by atoms with Gasteiger partial charge in [-0.1, -0.05) is 30.3 Å². The van der Waals surface area contributed by atoms with E-state index in [2.05, 4.69) is 10.0 Å². The summed E-state index contributed by atoms with van der Waals surface area (Å²) >= 11 is 0. The Morgan fingerprint density at radius 3 is 2.44 bits per heavy atom. The Bertz CT molecular complexity index is 877. The van der Waals surface area contributed by atoms with Gasteiger partial charge in [0.15, 0.2) is 0 Å². The molecule has 3 rings (SSSR count). The average Bonchev–Trinajstić information content (AvgIpc) is 3.39. The second-order valence-corrected chi connectivity index (χ2v) is 7.90. The third-order valence-corrected chi connectivity index (χ3v) is 5.62. The van der Waals surface area contributed by atoms with Gasteiger partial charge >= 0.3 is 5.97 Å². The summed E-state index contributed by atoms with van der Waals surface area (Å²) in [6, 6.07) is 13.6. The molecule has 1 fully saturated rings. The second-order valence-electron chi connectivity index (χ2n) is 6.18. The number of sulfonamides is 1. The normalized spacial score (nSPS) is 15.6. The van der Waals surface area contributed by atoms with Gasteiger partial charge in [-0.2, -0.15) is 0 Å². The molecule has 7 heteroatoms. The molecule has 3 N–H and O–H groups in total. The standard InChI is InChI=1S/C18H20N2O4S/c1-12(13-5-3-2-4-6-13)19-17-10-9-15(11-16(17)18(21)22)25(23,24)20-14-7-8-14/h2-6,9-12,14,19-20H,7-8H2,1H3,(H,21,22). The monoisotopic (exact) mass is 360 g/mol. The maximum Gasteiger partial charge on any atom is 0.337 e. The molecule has 0 bridgehead atoms. The Labute approximate surface area is 146 Å². The molecule has 2 aromatic carbocycles. The molecule has 1 atom stereocenters. The van der Waals surface area contributed by atoms with E-state index >= 15 is 0 Å². The summed E-state index contributed by atoms with van der Waals surface area (Å²) < 4.78 is 27.1. The molecule has 1 aliphatic carbocycles. The molecule has 0 aliphatic heterocycles. The van der Waals surface area contributed by atoms with Crippen LogP contribution in [0.4, 0.5) is 5.69 Å². The number of carbonyl (C=O) groups is 1. The van der Waals surface area contributed by atoms with Crippen molar-refractivity contribution in [3.05, 3.63) is 59.7 Å². The van der Waals surface area contributed by atoms with Crippen LogP contribution < -0.4 is 10.0 Å². The number of carboxylic acid groups (broad SMARTS) is 1. The van der Waals surface area contributed by atoms with Gasteiger partial charge < -0.3 is 10.4 Å². The third-order valence-electron chi connectivity index (χ3n) is 4.10. The lowest BCUT2D eigenvalue weighted by molar-refractivity contribution is 0.0697. The third kappa shape index (κ3) is 4.18. The SMILES string of the molecule is CC(Nc1ccc(S(=O)(=O)NC2CC2)cc1C(=O)O)c1ccccc1. The van der Waals surface area contributed by atoms with Gasteiger partial charge in [0.2, 0.25) is 10.0 Å². The van der Waals surface area contributed by atoms with Gasteiger partial charge in [-0.3, -0.25) is 0 Å². The Hall–Kier alpha value is -2.38. The van der Waals surface area contributed by atoms with Crippen molar-refractivity contribution in [2.75, 3.05) is 5.32 Å². The Morgan fingerprint density at radius 1 is 1.16 bits per heavy atom. The number of rotatable bonds is 7. The minimum Gasteiger partial charge on any atom is -0.478 e. The molecular formula is C18H20N2O4S. The van der Waals surface area contributed by atoms with E-state index in [4.69, 9.17) is 0 Å². The maximum absolute atomic E-state index is 12.3. The summed E-state index contributed by atoms with van der Waals surface area (Å²) in [5.41, 5.74) is 1.32. The molecule has 1 saturated carbocycles. The topological polar surface area (TPSA) is 95.5 Å². The Morgan fingerprint density at radius 2 is 1.84 bits per heavy atom. The predicted octanol–water partition coefficient (Wildman–Crippen LogP) is 3.00. The molecule has 0 amide bonds. The van der Waals surface area contributed by atoms with E-state index in [-0.39, 0.29) is 22.5 Å². The molecule has 0 spiro atoms. The zero-order valence-electron chi connectivity index (χ0n) is 13.8. The van der Waals surface area contributed by atoms with E-state index in [1.165, 1.54) is 18.2 Å². The van der Waals surface area contributed by atoms with Gasteiger partial charge in [-0.05, 0) is 43.5 Å². The van der Waals surface area contributed by atoms with E-state index in [1.54, 1.807) is 0 Å². The highest BCUT2D eigenvalue weighted by atomic mass is 32.2. The molecule has 0 radical (unpaired) electrons. The van der Waals surface area contributed by atoms with Gasteiger partial charge in [-0.15, -0.1) is 0 Å². The molecule has 0 aromatic heterocycles. The van der Waals surface area contributed by atoms with Crippen molar-refractivity contribution in [2.45, 2.75) is 36.7 Å². The molecular weight excluding hydrogens is 340 g/mol. The van der Waals surface area contributed by atoms with Crippen molar-refractivity contribution >= 4 is 21.7 Å². The van der Waals surface area contributed by atoms with Crippen LogP contribution in [0.25, 0.3) is 0 Å². The Kier molecular flexibility index (Phi) is 4.78. The lowest BCUT2D eigenvalue weighted by atomic mass is 10.1. The van der Waals surface area contributed by atoms with Crippen LogP contribution in [0.15, 0.2) is 53.4 Å². The van der Waals surface area contributed by atoms with Crippen molar-refractivity contribution in [1.29, 1.82) is 0 Å². The Balaban J connectivity index is 1.88. The highest BCUT2D eigenvalue weighted by Gasteiger charge is 2.28. The zero-order valence-corrected chi connectivity index (χ0v) is 14.6. The smallest absolute Gasteiger partial charge is 0.337 e. The van der Waals surface area contributed by atoms with Crippen LogP contribution in [-0.2, 0) is 10.0 Å². The lowest BCUT2D eigenvalue weighted by Gasteiger charge is -2.18. The number of hydrogen-bond donors (Lipinski definition) is 3. The van der Waals surface area contributed by atoms with Crippen LogP contribution in [0.5, 0.6) is 0 Å². The van der Waals surface area contributed by atoms with Crippen molar-refractivity contribution in [2.24, 2.45) is 0 Å². The number of carboxylic acids is 1. The maximum atomic E-state index is 12.3. The van der Waals surface area contributed by atoms with Crippen molar-refractivity contribution in [3.63, 3.8) is 0 Å². The minimum absolute atomic E-state index is 0.0327. The highest BCUT2D eigenvalue weighted by molar-refractivity contribution is 7.89. The number of benzene rings is 2. The fourth-order valence-corrected chi connectivity index (χ4v) is 3.87. The first kappa shape index (κ1) is 17.4. The van der Waals surface area contributed by atoms with Gasteiger partial charge in [0.1, 0.15) is 0 Å². The molecule has 1 unspecified atom stereocenters. The number of aromatic carboxylic acids is 1. The van der Waals surface area contributed by atoms with Crippen LogP contribution in [0.3, 0.4) is 0 Å². The molecule has 132 valence electrons. The summed E-state index contributed by atoms with van der Waals surface area (Å²) in [5, 5.41) is 12.6. The van der Waals surface area contributed by atoms with Crippen molar-refractivity contribution in [1.82, 2.24) is 4.72 Å². The highest BCUT2D eigenvalue weighted by Crippen LogP contribution is 2.27. The minimum atomic E-state index is -3.69. The van der Waals surface area contributed by atoms with Crippen LogP contribution in [0.2, 0.25) is 0 Å². The quantitative estimate of drug-likeness (QED) is 0.705. The molecule has 6 nitrogen and oxygen atoms in total. The molecule has 25 heavy (non-hydrogen) atoms. The first-order chi connectivity index (χ1) is 11.9. The average molecular weight is 360 g/mol. The number of hydrogen-bond acceptors (Lipinski definition) is 4. The van der Waals surface area contributed by atoms with Crippen LogP contribution >= 0.6 is 0 Å². The van der Waals surface area contributed by atoms with Crippen molar-refractivity contribution < 1.29 is 18.3 Å². The molecule has 2 aromatic rings. The van der Waals surface area contributed by atoms with E-state index in [9.17, 15) is 18.3 Å². The summed E-state index contributed by atoms with van der Waals surface area (Å²) in [6.07, 6.45) is 1.64. The van der Waals surface area contributed by atoms with Gasteiger partial charge in [-0.25, -0.2) is 17.9 Å². The van der Waals surface area contributed by atoms with E-state index in [0.717, 1.165) is 18.4 Å². The molecule has 1 aliphatic rings. The lowest BCUT2D eigenvalue weighted by Crippen LogP contribution is -2.26. The summed E-state index contributed by atoms with van der Waals surface area (Å²) in [5.74, 6) is -1.17. The molecule has 0 saturated heterocycles. The van der Waals surface area contributed by atoms with Crippen LogP contribution in [0.1, 0.15) is 41.7 Å². The van der Waals surface area contributed by atoms with E-state index < -0.39 is 16.0 Å². The fourth-order valence-electron chi connectivity index (χ4n) is 2.54. The first-order valence-corrected chi connectivity index (χ1v) is 9.56. The largest absolute Gasteiger partial charge is 0.478 e.